The first-order chi connectivity index (χ1) is 12.6. The van der Waals surface area contributed by atoms with Crippen molar-refractivity contribution in [3.05, 3.63) is 69.5 Å². The zero-order valence-corrected chi connectivity index (χ0v) is 15.1. The molecule has 4 rings (SSSR count). The van der Waals surface area contributed by atoms with Crippen molar-refractivity contribution in [2.75, 3.05) is 5.73 Å². The highest BCUT2D eigenvalue weighted by molar-refractivity contribution is 7.12. The first-order valence-electron chi connectivity index (χ1n) is 7.82. The Hall–Kier alpha value is -2.90. The van der Waals surface area contributed by atoms with Crippen LogP contribution in [0.2, 0.25) is 5.02 Å². The fourth-order valence-electron chi connectivity index (χ4n) is 2.55. The number of hydrogen-bond acceptors (Lipinski definition) is 5. The number of carbonyl (C=O) groups is 1. The normalized spacial score (nSPS) is 11.0. The molecule has 3 heterocycles. The van der Waals surface area contributed by atoms with Crippen molar-refractivity contribution in [1.82, 2.24) is 19.9 Å². The van der Waals surface area contributed by atoms with Crippen molar-refractivity contribution < 1.29 is 4.79 Å². The summed E-state index contributed by atoms with van der Waals surface area (Å²) in [5.41, 5.74) is 9.18. The number of rotatable bonds is 4. The van der Waals surface area contributed by atoms with E-state index in [0.29, 0.717) is 22.1 Å². The molecule has 0 aliphatic carbocycles. The molecule has 6 nitrogen and oxygen atoms in total. The zero-order chi connectivity index (χ0) is 18.1. The van der Waals surface area contributed by atoms with Crippen LogP contribution in [0.25, 0.3) is 16.8 Å². The quantitative estimate of drug-likeness (QED) is 0.563. The number of anilines is 1. The first kappa shape index (κ1) is 16.6. The Balaban J connectivity index is 1.49. The average Bonchev–Trinajstić information content (AvgIpc) is 3.26. The molecule has 26 heavy (non-hydrogen) atoms. The van der Waals surface area contributed by atoms with Crippen molar-refractivity contribution in [2.45, 2.75) is 6.54 Å². The topological polar surface area (TPSA) is 85.3 Å². The number of pyridine rings is 1. The van der Waals surface area contributed by atoms with Crippen molar-refractivity contribution in [2.24, 2.45) is 0 Å². The maximum atomic E-state index is 12.4. The minimum atomic E-state index is -0.109. The second-order valence-corrected chi connectivity index (χ2v) is 7.05. The first-order valence-corrected chi connectivity index (χ1v) is 9.08. The van der Waals surface area contributed by atoms with E-state index >= 15 is 0 Å². The third-order valence-corrected chi connectivity index (χ3v) is 5.05. The molecule has 8 heteroatoms. The van der Waals surface area contributed by atoms with Crippen LogP contribution in [0.4, 0.5) is 5.95 Å². The second kappa shape index (κ2) is 6.78. The number of nitrogens with two attached hydrogens (primary N) is 1. The molecule has 3 N–H and O–H groups in total. The fourth-order valence-corrected chi connectivity index (χ4v) is 3.51. The minimum absolute atomic E-state index is 0.109. The van der Waals surface area contributed by atoms with Crippen LogP contribution in [0, 0.1) is 0 Å². The van der Waals surface area contributed by atoms with Crippen LogP contribution >= 0.6 is 22.9 Å². The molecule has 0 spiro atoms. The molecule has 0 fully saturated rings. The van der Waals surface area contributed by atoms with E-state index in [-0.39, 0.29) is 11.9 Å². The Morgan fingerprint density at radius 3 is 2.81 bits per heavy atom. The number of benzene rings is 1. The van der Waals surface area contributed by atoms with E-state index in [1.165, 1.54) is 11.3 Å². The van der Waals surface area contributed by atoms with E-state index in [0.717, 1.165) is 16.7 Å². The summed E-state index contributed by atoms with van der Waals surface area (Å²) < 4.78 is 1.63. The summed E-state index contributed by atoms with van der Waals surface area (Å²) >= 11 is 7.26. The average molecular weight is 384 g/mol. The molecule has 1 amide bonds. The fraction of sp³-hybridized carbons (Fsp3) is 0.0556. The molecular weight excluding hydrogens is 370 g/mol. The zero-order valence-electron chi connectivity index (χ0n) is 13.5. The lowest BCUT2D eigenvalue weighted by atomic mass is 10.1. The number of hydrogen-bond donors (Lipinski definition) is 2. The van der Waals surface area contributed by atoms with Gasteiger partial charge in [0.05, 0.1) is 4.88 Å². The minimum Gasteiger partial charge on any atom is -0.366 e. The van der Waals surface area contributed by atoms with Gasteiger partial charge >= 0.3 is 0 Å². The molecule has 3 aromatic heterocycles. The van der Waals surface area contributed by atoms with Gasteiger partial charge in [-0.05, 0) is 46.8 Å². The van der Waals surface area contributed by atoms with E-state index in [1.807, 2.05) is 41.9 Å². The third-order valence-electron chi connectivity index (χ3n) is 3.87. The lowest BCUT2D eigenvalue weighted by Crippen LogP contribution is -2.21. The molecular formula is C18H14ClN5OS. The number of aromatic nitrogens is 3. The molecule has 0 saturated carbocycles. The number of nitrogens with zero attached hydrogens (tertiary/aromatic N) is 3. The van der Waals surface area contributed by atoms with Crippen LogP contribution in [0.1, 0.15) is 15.2 Å². The predicted octanol–water partition coefficient (Wildman–Crippen LogP) is 3.62. The number of thiophene rings is 1. The van der Waals surface area contributed by atoms with Gasteiger partial charge in [-0.3, -0.25) is 4.79 Å². The van der Waals surface area contributed by atoms with Gasteiger partial charge in [-0.25, -0.2) is 4.52 Å². The molecule has 0 unspecified atom stereocenters. The van der Waals surface area contributed by atoms with Gasteiger partial charge < -0.3 is 11.1 Å². The summed E-state index contributed by atoms with van der Waals surface area (Å²) in [5, 5.41) is 9.64. The number of nitrogens with one attached hydrogen (secondary N) is 1. The van der Waals surface area contributed by atoms with E-state index in [4.69, 9.17) is 17.3 Å². The summed E-state index contributed by atoms with van der Waals surface area (Å²) in [5.74, 6) is 0.122. The van der Waals surface area contributed by atoms with Gasteiger partial charge in [0.1, 0.15) is 0 Å². The van der Waals surface area contributed by atoms with Crippen LogP contribution in [-0.4, -0.2) is 20.5 Å². The standard InChI is InChI=1S/C18H14ClN5OS/c19-14-4-1-11(2-5-14)8-21-17(25)15-7-13(10-26-15)12-3-6-16-22-18(20)23-24(16)9-12/h1-7,9-10H,8H2,(H2,20,23)(H,21,25). The van der Waals surface area contributed by atoms with E-state index in [1.54, 1.807) is 16.6 Å². The smallest absolute Gasteiger partial charge is 0.261 e. The summed E-state index contributed by atoms with van der Waals surface area (Å²) in [4.78, 5) is 17.1. The highest BCUT2D eigenvalue weighted by Crippen LogP contribution is 2.26. The monoisotopic (exact) mass is 383 g/mol. The summed E-state index contributed by atoms with van der Waals surface area (Å²) in [6.45, 7) is 0.452. The molecule has 0 saturated heterocycles. The summed E-state index contributed by atoms with van der Waals surface area (Å²) in [6, 6.07) is 13.0. The van der Waals surface area contributed by atoms with E-state index in [9.17, 15) is 4.79 Å². The molecule has 0 aliphatic rings. The van der Waals surface area contributed by atoms with Crippen LogP contribution < -0.4 is 11.1 Å². The van der Waals surface area contributed by atoms with Gasteiger partial charge in [0.15, 0.2) is 5.65 Å². The summed E-state index contributed by atoms with van der Waals surface area (Å²) in [7, 11) is 0. The summed E-state index contributed by atoms with van der Waals surface area (Å²) in [6.07, 6.45) is 1.84. The van der Waals surface area contributed by atoms with Gasteiger partial charge in [0.2, 0.25) is 5.95 Å². The van der Waals surface area contributed by atoms with Gasteiger partial charge in [-0.15, -0.1) is 16.4 Å². The SMILES string of the molecule is Nc1nc2ccc(-c3csc(C(=O)NCc4ccc(Cl)cc4)c3)cn2n1. The number of amides is 1. The Kier molecular flexibility index (Phi) is 4.32. The molecule has 0 radical (unpaired) electrons. The lowest BCUT2D eigenvalue weighted by molar-refractivity contribution is 0.0955. The number of nitrogen functional groups attached to an aromatic ring is 1. The van der Waals surface area contributed by atoms with Gasteiger partial charge in [0, 0.05) is 23.3 Å². The second-order valence-electron chi connectivity index (χ2n) is 5.70. The van der Waals surface area contributed by atoms with Crippen LogP contribution in [0.3, 0.4) is 0 Å². The van der Waals surface area contributed by atoms with E-state index in [2.05, 4.69) is 15.4 Å². The van der Waals surface area contributed by atoms with Crippen molar-refractivity contribution in [3.63, 3.8) is 0 Å². The van der Waals surface area contributed by atoms with Crippen LogP contribution in [0.5, 0.6) is 0 Å². The predicted molar refractivity (Wildman–Crippen MR) is 103 cm³/mol. The van der Waals surface area contributed by atoms with Crippen molar-refractivity contribution in [3.8, 4) is 11.1 Å². The van der Waals surface area contributed by atoms with Gasteiger partial charge in [-0.1, -0.05) is 23.7 Å². The van der Waals surface area contributed by atoms with Gasteiger partial charge in [-0.2, -0.15) is 4.98 Å². The Morgan fingerprint density at radius 2 is 2.00 bits per heavy atom. The highest BCUT2D eigenvalue weighted by Gasteiger charge is 2.11. The third kappa shape index (κ3) is 3.40. The van der Waals surface area contributed by atoms with E-state index < -0.39 is 0 Å². The Bertz CT molecular complexity index is 1090. The van der Waals surface area contributed by atoms with Gasteiger partial charge in [0.25, 0.3) is 5.91 Å². The van der Waals surface area contributed by atoms with Crippen LogP contribution in [-0.2, 0) is 6.54 Å². The Morgan fingerprint density at radius 1 is 1.19 bits per heavy atom. The van der Waals surface area contributed by atoms with Crippen molar-refractivity contribution in [1.29, 1.82) is 0 Å². The molecule has 0 atom stereocenters. The molecule has 0 aliphatic heterocycles. The molecule has 130 valence electrons. The number of fused-ring (bicyclic) bond motifs is 1. The number of carbonyl (C=O) groups excluding carboxylic acids is 1. The molecule has 4 aromatic rings. The number of halogens is 1. The lowest BCUT2D eigenvalue weighted by Gasteiger charge is -2.04. The maximum absolute atomic E-state index is 12.4. The largest absolute Gasteiger partial charge is 0.366 e. The van der Waals surface area contributed by atoms with Crippen molar-refractivity contribution >= 4 is 40.4 Å². The molecule has 1 aromatic carbocycles. The maximum Gasteiger partial charge on any atom is 0.261 e. The molecule has 0 bridgehead atoms. The van der Waals surface area contributed by atoms with Crippen LogP contribution in [0.15, 0.2) is 54.0 Å². The highest BCUT2D eigenvalue weighted by atomic mass is 35.5. The Labute approximate surface area is 158 Å².